The highest BCUT2D eigenvalue weighted by molar-refractivity contribution is 5.56. The third-order valence-electron chi connectivity index (χ3n) is 3.59. The fourth-order valence-corrected chi connectivity index (χ4v) is 2.58. The number of rotatable bonds is 2. The maximum absolute atomic E-state index is 9.50. The smallest absolute Gasteiger partial charge is 0.164 e. The normalized spacial score (nSPS) is 18.7. The fourth-order valence-electron chi connectivity index (χ4n) is 2.58. The van der Waals surface area contributed by atoms with Crippen LogP contribution in [-0.2, 0) is 6.42 Å². The second kappa shape index (κ2) is 4.53. The van der Waals surface area contributed by atoms with Gasteiger partial charge in [0, 0.05) is 12.0 Å². The summed E-state index contributed by atoms with van der Waals surface area (Å²) in [6, 6.07) is 8.41. The van der Waals surface area contributed by atoms with Crippen LogP contribution in [0.25, 0.3) is 11.4 Å². The van der Waals surface area contributed by atoms with E-state index in [4.69, 9.17) is 0 Å². The lowest BCUT2D eigenvalue weighted by molar-refractivity contribution is 0.207. The summed E-state index contributed by atoms with van der Waals surface area (Å²) in [5, 5.41) is 18.0. The highest BCUT2D eigenvalue weighted by Gasteiger charge is 2.24. The van der Waals surface area contributed by atoms with Gasteiger partial charge in [-0.3, -0.25) is 0 Å². The molecule has 0 saturated heterocycles. The molecule has 0 radical (unpaired) electrons. The minimum absolute atomic E-state index is 0.125. The Morgan fingerprint density at radius 3 is 2.78 bits per heavy atom. The van der Waals surface area contributed by atoms with E-state index in [2.05, 4.69) is 46.0 Å². The number of hydrogen-bond donors (Lipinski definition) is 1. The van der Waals surface area contributed by atoms with Crippen LogP contribution < -0.4 is 0 Å². The monoisotopic (exact) mass is 243 g/mol. The number of aliphatic hydroxyl groups is 1. The summed E-state index contributed by atoms with van der Waals surface area (Å²) in [7, 11) is 0. The van der Waals surface area contributed by atoms with Gasteiger partial charge < -0.3 is 9.67 Å². The Balaban J connectivity index is 2.08. The lowest BCUT2D eigenvalue weighted by Gasteiger charge is -2.24. The molecule has 18 heavy (non-hydrogen) atoms. The van der Waals surface area contributed by atoms with Crippen molar-refractivity contribution >= 4 is 0 Å². The molecule has 2 aromatic rings. The molecule has 4 nitrogen and oxygen atoms in total. The Morgan fingerprint density at radius 1 is 1.28 bits per heavy atom. The molecule has 1 aliphatic rings. The van der Waals surface area contributed by atoms with E-state index in [1.54, 1.807) is 0 Å². The molecule has 1 aromatic heterocycles. The van der Waals surface area contributed by atoms with Gasteiger partial charge >= 0.3 is 0 Å². The Kier molecular flexibility index (Phi) is 2.88. The lowest BCUT2D eigenvalue weighted by atomic mass is 10.0. The SMILES string of the molecule is Cc1ccc(-c2nnc3n2C(CO)CCC3)cc1. The first-order valence-corrected chi connectivity index (χ1v) is 6.41. The largest absolute Gasteiger partial charge is 0.394 e. The predicted molar refractivity (Wildman–Crippen MR) is 69.3 cm³/mol. The average molecular weight is 243 g/mol. The number of aromatic nitrogens is 3. The Morgan fingerprint density at radius 2 is 2.06 bits per heavy atom. The van der Waals surface area contributed by atoms with Crippen LogP contribution in [0.5, 0.6) is 0 Å². The van der Waals surface area contributed by atoms with Crippen molar-refractivity contribution < 1.29 is 5.11 Å². The molecule has 1 atom stereocenters. The molecule has 1 unspecified atom stereocenters. The number of hydrogen-bond acceptors (Lipinski definition) is 3. The molecule has 0 bridgehead atoms. The Hall–Kier alpha value is -1.68. The molecule has 4 heteroatoms. The molecule has 0 saturated carbocycles. The second-order valence-electron chi connectivity index (χ2n) is 4.90. The van der Waals surface area contributed by atoms with Crippen LogP contribution in [0.1, 0.15) is 30.3 Å². The molecule has 94 valence electrons. The minimum atomic E-state index is 0.125. The molecule has 1 N–H and O–H groups in total. The van der Waals surface area contributed by atoms with Crippen molar-refractivity contribution in [2.75, 3.05) is 6.61 Å². The highest BCUT2D eigenvalue weighted by Crippen LogP contribution is 2.29. The predicted octanol–water partition coefficient (Wildman–Crippen LogP) is 2.12. The number of benzene rings is 1. The summed E-state index contributed by atoms with van der Waals surface area (Å²) in [5.74, 6) is 1.87. The van der Waals surface area contributed by atoms with Gasteiger partial charge in [0.2, 0.25) is 0 Å². The van der Waals surface area contributed by atoms with Crippen LogP contribution in [-0.4, -0.2) is 26.5 Å². The van der Waals surface area contributed by atoms with Crippen LogP contribution >= 0.6 is 0 Å². The quantitative estimate of drug-likeness (QED) is 0.879. The van der Waals surface area contributed by atoms with Crippen molar-refractivity contribution in [3.05, 3.63) is 35.7 Å². The van der Waals surface area contributed by atoms with Crippen molar-refractivity contribution in [2.45, 2.75) is 32.2 Å². The summed E-state index contributed by atoms with van der Waals surface area (Å²) in [4.78, 5) is 0. The molecule has 2 heterocycles. The van der Waals surface area contributed by atoms with Crippen molar-refractivity contribution in [3.63, 3.8) is 0 Å². The van der Waals surface area contributed by atoms with E-state index in [1.807, 2.05) is 0 Å². The van der Waals surface area contributed by atoms with Gasteiger partial charge in [0.1, 0.15) is 5.82 Å². The summed E-state index contributed by atoms with van der Waals surface area (Å²) in [6.07, 6.45) is 3.03. The Labute approximate surface area is 106 Å². The topological polar surface area (TPSA) is 50.9 Å². The fraction of sp³-hybridized carbons (Fsp3) is 0.429. The van der Waals surface area contributed by atoms with E-state index in [1.165, 1.54) is 5.56 Å². The van der Waals surface area contributed by atoms with E-state index in [9.17, 15) is 5.11 Å². The zero-order valence-electron chi connectivity index (χ0n) is 10.5. The number of nitrogens with zero attached hydrogens (tertiary/aromatic N) is 3. The van der Waals surface area contributed by atoms with Crippen molar-refractivity contribution in [1.82, 2.24) is 14.8 Å². The van der Waals surface area contributed by atoms with E-state index in [0.29, 0.717) is 0 Å². The van der Waals surface area contributed by atoms with Crippen LogP contribution in [0.3, 0.4) is 0 Å². The molecular formula is C14H17N3O. The third kappa shape index (κ3) is 1.82. The summed E-state index contributed by atoms with van der Waals surface area (Å²) in [5.41, 5.74) is 2.30. The maximum atomic E-state index is 9.50. The second-order valence-corrected chi connectivity index (χ2v) is 4.90. The number of aliphatic hydroxyl groups excluding tert-OH is 1. The van der Waals surface area contributed by atoms with Gasteiger partial charge in [-0.1, -0.05) is 29.8 Å². The van der Waals surface area contributed by atoms with Gasteiger partial charge in [-0.05, 0) is 19.8 Å². The standard InChI is InChI=1S/C14H17N3O/c1-10-5-7-11(8-6-10)14-16-15-13-4-2-3-12(9-18)17(13)14/h5-8,12,18H,2-4,9H2,1H3. The molecule has 0 spiro atoms. The molecule has 1 aliphatic heterocycles. The highest BCUT2D eigenvalue weighted by atomic mass is 16.3. The minimum Gasteiger partial charge on any atom is -0.394 e. The summed E-state index contributed by atoms with van der Waals surface area (Å²) in [6.45, 7) is 2.23. The van der Waals surface area contributed by atoms with E-state index < -0.39 is 0 Å². The zero-order valence-corrected chi connectivity index (χ0v) is 10.5. The van der Waals surface area contributed by atoms with E-state index >= 15 is 0 Å². The number of aryl methyl sites for hydroxylation is 2. The van der Waals surface area contributed by atoms with Gasteiger partial charge in [-0.25, -0.2) is 0 Å². The summed E-state index contributed by atoms with van der Waals surface area (Å²) >= 11 is 0. The first-order valence-electron chi connectivity index (χ1n) is 6.41. The lowest BCUT2D eigenvalue weighted by Crippen LogP contribution is -2.21. The van der Waals surface area contributed by atoms with Gasteiger partial charge in [0.15, 0.2) is 5.82 Å². The molecular weight excluding hydrogens is 226 g/mol. The summed E-state index contributed by atoms with van der Waals surface area (Å²) < 4.78 is 2.11. The average Bonchev–Trinajstić information content (AvgIpc) is 2.83. The van der Waals surface area contributed by atoms with Crippen molar-refractivity contribution in [3.8, 4) is 11.4 Å². The third-order valence-corrected chi connectivity index (χ3v) is 3.59. The van der Waals surface area contributed by atoms with Gasteiger partial charge in [-0.2, -0.15) is 0 Å². The van der Waals surface area contributed by atoms with E-state index in [-0.39, 0.29) is 12.6 Å². The number of fused-ring (bicyclic) bond motifs is 1. The van der Waals surface area contributed by atoms with E-state index in [0.717, 1.165) is 36.5 Å². The van der Waals surface area contributed by atoms with Crippen LogP contribution in [0.15, 0.2) is 24.3 Å². The van der Waals surface area contributed by atoms with Gasteiger partial charge in [0.25, 0.3) is 0 Å². The first-order chi connectivity index (χ1) is 8.79. The van der Waals surface area contributed by atoms with Gasteiger partial charge in [0.05, 0.1) is 12.6 Å². The molecule has 1 aromatic carbocycles. The first kappa shape index (κ1) is 11.4. The van der Waals surface area contributed by atoms with Crippen molar-refractivity contribution in [2.24, 2.45) is 0 Å². The Bertz CT molecular complexity index is 545. The van der Waals surface area contributed by atoms with Crippen LogP contribution in [0.4, 0.5) is 0 Å². The molecule has 0 aliphatic carbocycles. The van der Waals surface area contributed by atoms with Gasteiger partial charge in [-0.15, -0.1) is 10.2 Å². The van der Waals surface area contributed by atoms with Crippen LogP contribution in [0.2, 0.25) is 0 Å². The van der Waals surface area contributed by atoms with Crippen molar-refractivity contribution in [1.29, 1.82) is 0 Å². The van der Waals surface area contributed by atoms with Crippen LogP contribution in [0, 0.1) is 6.92 Å². The molecule has 0 amide bonds. The maximum Gasteiger partial charge on any atom is 0.164 e. The molecule has 0 fully saturated rings. The zero-order chi connectivity index (χ0) is 12.5. The molecule has 3 rings (SSSR count).